The van der Waals surface area contributed by atoms with Crippen molar-refractivity contribution < 1.29 is 0 Å². The molecule has 3 aromatic rings. The van der Waals surface area contributed by atoms with E-state index in [1.54, 1.807) is 6.20 Å². The van der Waals surface area contributed by atoms with Gasteiger partial charge in [-0.1, -0.05) is 13.8 Å². The van der Waals surface area contributed by atoms with E-state index in [0.29, 0.717) is 28.5 Å². The van der Waals surface area contributed by atoms with E-state index in [0.717, 1.165) is 29.9 Å². The highest BCUT2D eigenvalue weighted by Crippen LogP contribution is 2.30. The minimum absolute atomic E-state index is 0.00478. The van der Waals surface area contributed by atoms with Crippen LogP contribution in [0.1, 0.15) is 49.8 Å². The van der Waals surface area contributed by atoms with E-state index in [4.69, 9.17) is 0 Å². The molecule has 134 valence electrons. The van der Waals surface area contributed by atoms with Crippen LogP contribution in [0.15, 0.2) is 23.4 Å². The predicted octanol–water partition coefficient (Wildman–Crippen LogP) is 2.95. The molecule has 4 heterocycles. The Morgan fingerprint density at radius 1 is 1.38 bits per heavy atom. The average Bonchev–Trinajstić information content (AvgIpc) is 3.29. The Bertz CT molecular complexity index is 1050. The van der Waals surface area contributed by atoms with E-state index in [-0.39, 0.29) is 11.5 Å². The first kappa shape index (κ1) is 16.9. The summed E-state index contributed by atoms with van der Waals surface area (Å²) in [6.07, 6.45) is 7.50. The Kier molecular flexibility index (Phi) is 4.32. The molecule has 0 bridgehead atoms. The number of rotatable bonds is 3. The van der Waals surface area contributed by atoms with Crippen molar-refractivity contribution in [2.45, 2.75) is 38.6 Å². The van der Waals surface area contributed by atoms with E-state index in [9.17, 15) is 10.1 Å². The SMILES string of the molecule is CC(C)c1c(-c2cnn(C3CCSCC3)c2)nc2c(C#N)c[nH]n2c1=O. The van der Waals surface area contributed by atoms with Gasteiger partial charge in [0.1, 0.15) is 11.6 Å². The molecule has 8 heteroatoms. The number of nitrogens with zero attached hydrogens (tertiary/aromatic N) is 5. The highest BCUT2D eigenvalue weighted by molar-refractivity contribution is 7.99. The highest BCUT2D eigenvalue weighted by Gasteiger charge is 2.22. The van der Waals surface area contributed by atoms with Gasteiger partial charge in [-0.2, -0.15) is 22.1 Å². The third kappa shape index (κ3) is 2.72. The van der Waals surface area contributed by atoms with Crippen molar-refractivity contribution in [2.75, 3.05) is 11.5 Å². The van der Waals surface area contributed by atoms with Gasteiger partial charge >= 0.3 is 0 Å². The molecule has 0 aromatic carbocycles. The minimum Gasteiger partial charge on any atom is -0.295 e. The number of aromatic nitrogens is 5. The molecule has 1 aliphatic heterocycles. The van der Waals surface area contributed by atoms with Gasteiger partial charge in [-0.05, 0) is 30.3 Å². The lowest BCUT2D eigenvalue weighted by Crippen LogP contribution is -2.22. The number of hydrogen-bond donors (Lipinski definition) is 1. The number of aromatic amines is 1. The average molecular weight is 368 g/mol. The van der Waals surface area contributed by atoms with Crippen LogP contribution in [0, 0.1) is 11.3 Å². The molecule has 0 saturated carbocycles. The zero-order chi connectivity index (χ0) is 18.3. The molecule has 0 spiro atoms. The molecule has 1 aliphatic rings. The first-order valence-electron chi connectivity index (χ1n) is 8.76. The van der Waals surface area contributed by atoms with Crippen molar-refractivity contribution in [1.82, 2.24) is 24.4 Å². The van der Waals surface area contributed by atoms with Crippen LogP contribution in [-0.2, 0) is 0 Å². The highest BCUT2D eigenvalue weighted by atomic mass is 32.2. The molecule has 0 radical (unpaired) electrons. The first-order valence-corrected chi connectivity index (χ1v) is 9.92. The number of H-pyrrole nitrogens is 1. The molecule has 1 fully saturated rings. The molecule has 7 nitrogen and oxygen atoms in total. The zero-order valence-corrected chi connectivity index (χ0v) is 15.6. The van der Waals surface area contributed by atoms with Crippen molar-refractivity contribution in [3.8, 4) is 17.3 Å². The van der Waals surface area contributed by atoms with E-state index in [2.05, 4.69) is 21.3 Å². The van der Waals surface area contributed by atoms with E-state index >= 15 is 0 Å². The van der Waals surface area contributed by atoms with Crippen LogP contribution in [0.2, 0.25) is 0 Å². The number of nitrogens with one attached hydrogen (secondary N) is 1. The third-order valence-corrected chi connectivity index (χ3v) is 5.88. The van der Waals surface area contributed by atoms with E-state index < -0.39 is 0 Å². The van der Waals surface area contributed by atoms with E-state index in [1.807, 2.05) is 36.5 Å². The van der Waals surface area contributed by atoms with Crippen molar-refractivity contribution in [2.24, 2.45) is 0 Å². The van der Waals surface area contributed by atoms with Gasteiger partial charge in [0.05, 0.1) is 17.9 Å². The summed E-state index contributed by atoms with van der Waals surface area (Å²) in [5.41, 5.74) is 2.64. The van der Waals surface area contributed by atoms with Crippen LogP contribution in [0.5, 0.6) is 0 Å². The topological polar surface area (TPSA) is 91.8 Å². The molecule has 4 rings (SSSR count). The summed E-state index contributed by atoms with van der Waals surface area (Å²) >= 11 is 1.98. The van der Waals surface area contributed by atoms with E-state index in [1.165, 1.54) is 10.7 Å². The van der Waals surface area contributed by atoms with Crippen LogP contribution in [0.25, 0.3) is 16.9 Å². The summed E-state index contributed by atoms with van der Waals surface area (Å²) in [5.74, 6) is 2.31. The van der Waals surface area contributed by atoms with Gasteiger partial charge in [0.15, 0.2) is 5.65 Å². The van der Waals surface area contributed by atoms with Gasteiger partial charge in [-0.25, -0.2) is 9.50 Å². The molecular weight excluding hydrogens is 348 g/mol. The normalized spacial score (nSPS) is 15.6. The summed E-state index contributed by atoms with van der Waals surface area (Å²) in [4.78, 5) is 17.6. The number of nitriles is 1. The summed E-state index contributed by atoms with van der Waals surface area (Å²) in [6.45, 7) is 3.95. The molecule has 1 N–H and O–H groups in total. The second-order valence-corrected chi connectivity index (χ2v) is 8.07. The smallest absolute Gasteiger partial charge is 0.276 e. The molecule has 0 amide bonds. The molecule has 0 unspecified atom stereocenters. The summed E-state index contributed by atoms with van der Waals surface area (Å²) in [6, 6.07) is 2.49. The van der Waals surface area contributed by atoms with Crippen molar-refractivity contribution in [3.63, 3.8) is 0 Å². The Balaban J connectivity index is 1.87. The fourth-order valence-electron chi connectivity index (χ4n) is 3.46. The Morgan fingerprint density at radius 2 is 2.15 bits per heavy atom. The van der Waals surface area contributed by atoms with Crippen LogP contribution in [-0.4, -0.2) is 35.9 Å². The number of fused-ring (bicyclic) bond motifs is 1. The van der Waals surface area contributed by atoms with Crippen molar-refractivity contribution >= 4 is 17.4 Å². The van der Waals surface area contributed by atoms with Crippen LogP contribution < -0.4 is 5.56 Å². The quantitative estimate of drug-likeness (QED) is 0.767. The van der Waals surface area contributed by atoms with Crippen LogP contribution in [0.3, 0.4) is 0 Å². The van der Waals surface area contributed by atoms with Crippen molar-refractivity contribution in [1.29, 1.82) is 5.26 Å². The fraction of sp³-hybridized carbons (Fsp3) is 0.444. The second-order valence-electron chi connectivity index (χ2n) is 6.84. The van der Waals surface area contributed by atoms with Gasteiger partial charge in [0.2, 0.25) is 0 Å². The van der Waals surface area contributed by atoms with Gasteiger partial charge in [-0.3, -0.25) is 14.6 Å². The maximum atomic E-state index is 13.0. The lowest BCUT2D eigenvalue weighted by Gasteiger charge is -2.21. The summed E-state index contributed by atoms with van der Waals surface area (Å²) < 4.78 is 3.35. The lowest BCUT2D eigenvalue weighted by atomic mass is 10.00. The zero-order valence-electron chi connectivity index (χ0n) is 14.8. The van der Waals surface area contributed by atoms with Crippen molar-refractivity contribution in [3.05, 3.63) is 40.1 Å². The fourth-order valence-corrected chi connectivity index (χ4v) is 4.54. The third-order valence-electron chi connectivity index (χ3n) is 4.83. The van der Waals surface area contributed by atoms with Gasteiger partial charge in [0, 0.05) is 23.5 Å². The first-order chi connectivity index (χ1) is 12.6. The Labute approximate surface area is 155 Å². The Hall–Kier alpha value is -2.53. The number of hydrogen-bond acceptors (Lipinski definition) is 5. The van der Waals surface area contributed by atoms with Gasteiger partial charge in [0.25, 0.3) is 5.56 Å². The lowest BCUT2D eigenvalue weighted by molar-refractivity contribution is 0.427. The largest absolute Gasteiger partial charge is 0.295 e. The maximum absolute atomic E-state index is 13.0. The molecular formula is C18H20N6OS. The number of thioether (sulfide) groups is 1. The minimum atomic E-state index is -0.164. The molecule has 26 heavy (non-hydrogen) atoms. The van der Waals surface area contributed by atoms with Gasteiger partial charge < -0.3 is 0 Å². The predicted molar refractivity (Wildman–Crippen MR) is 101 cm³/mol. The Morgan fingerprint density at radius 3 is 2.85 bits per heavy atom. The molecule has 0 aliphatic carbocycles. The molecule has 0 atom stereocenters. The summed E-state index contributed by atoms with van der Waals surface area (Å²) in [7, 11) is 0. The molecule has 3 aromatic heterocycles. The standard InChI is InChI=1S/C18H20N6OS/c1-11(2)15-16(22-17-12(7-19)8-21-24(17)18(15)25)13-9-20-23(10-13)14-3-5-26-6-4-14/h8-11,14,21H,3-6H2,1-2H3. The van der Waals surface area contributed by atoms with Crippen LogP contribution in [0.4, 0.5) is 0 Å². The second kappa shape index (κ2) is 6.65. The van der Waals surface area contributed by atoms with Crippen LogP contribution >= 0.6 is 11.8 Å². The molecule has 1 saturated heterocycles. The maximum Gasteiger partial charge on any atom is 0.276 e. The summed E-state index contributed by atoms with van der Waals surface area (Å²) in [5, 5.41) is 16.7. The van der Waals surface area contributed by atoms with Gasteiger partial charge in [-0.15, -0.1) is 0 Å². The monoisotopic (exact) mass is 368 g/mol.